The highest BCUT2D eigenvalue weighted by Crippen LogP contribution is 2.15. The molecule has 0 unspecified atom stereocenters. The van der Waals surface area contributed by atoms with Crippen molar-refractivity contribution in [3.8, 4) is 0 Å². The van der Waals surface area contributed by atoms with Crippen molar-refractivity contribution in [1.82, 2.24) is 4.90 Å². The van der Waals surface area contributed by atoms with Crippen LogP contribution in [0.2, 0.25) is 5.02 Å². The molecule has 0 radical (unpaired) electrons. The minimum atomic E-state index is -0.374. The highest BCUT2D eigenvalue weighted by Gasteiger charge is 2.25. The molecule has 1 aromatic carbocycles. The molecule has 1 N–H and O–H groups in total. The van der Waals surface area contributed by atoms with E-state index in [1.807, 2.05) is 0 Å². The SMILES string of the molecule is O=C(c1ccc(Cl)cc1)N1CC[C@@H](O)C1. The lowest BCUT2D eigenvalue weighted by atomic mass is 10.2. The number of carbonyl (C=O) groups excluding carboxylic acids is 1. The maximum absolute atomic E-state index is 11.9. The van der Waals surface area contributed by atoms with E-state index in [9.17, 15) is 9.90 Å². The number of β-amino-alcohol motifs (C(OH)–C–C–N with tert-alkyl or cyclic N) is 1. The van der Waals surface area contributed by atoms with Crippen molar-refractivity contribution in [2.75, 3.05) is 13.1 Å². The third-order valence-corrected chi connectivity index (χ3v) is 2.79. The fourth-order valence-corrected chi connectivity index (χ4v) is 1.83. The summed E-state index contributed by atoms with van der Waals surface area (Å²) in [5.41, 5.74) is 0.619. The summed E-state index contributed by atoms with van der Waals surface area (Å²) in [6, 6.07) is 6.80. The first kappa shape index (κ1) is 10.5. The van der Waals surface area contributed by atoms with Crippen LogP contribution >= 0.6 is 11.6 Å². The van der Waals surface area contributed by atoms with Crippen LogP contribution < -0.4 is 0 Å². The average Bonchev–Trinajstić information content (AvgIpc) is 2.65. The maximum atomic E-state index is 11.9. The number of hydrogen-bond acceptors (Lipinski definition) is 2. The zero-order valence-corrected chi connectivity index (χ0v) is 8.94. The molecule has 80 valence electrons. The summed E-state index contributed by atoms with van der Waals surface area (Å²) in [4.78, 5) is 13.5. The second kappa shape index (κ2) is 4.21. The number of aliphatic hydroxyl groups excluding tert-OH is 1. The second-order valence-corrected chi connectivity index (χ2v) is 4.14. The van der Waals surface area contributed by atoms with Crippen LogP contribution in [0, 0.1) is 0 Å². The summed E-state index contributed by atoms with van der Waals surface area (Å²) in [7, 11) is 0. The van der Waals surface area contributed by atoms with Gasteiger partial charge in [0.2, 0.25) is 0 Å². The van der Waals surface area contributed by atoms with E-state index >= 15 is 0 Å². The van der Waals surface area contributed by atoms with Crippen LogP contribution in [-0.2, 0) is 0 Å². The van der Waals surface area contributed by atoms with Gasteiger partial charge in [0, 0.05) is 23.7 Å². The summed E-state index contributed by atoms with van der Waals surface area (Å²) in [6.45, 7) is 1.06. The third-order valence-electron chi connectivity index (χ3n) is 2.54. The van der Waals surface area contributed by atoms with Crippen molar-refractivity contribution < 1.29 is 9.90 Å². The van der Waals surface area contributed by atoms with E-state index < -0.39 is 0 Å². The molecule has 1 atom stereocenters. The number of aliphatic hydroxyl groups is 1. The van der Waals surface area contributed by atoms with Crippen LogP contribution in [-0.4, -0.2) is 35.1 Å². The molecule has 1 aromatic rings. The van der Waals surface area contributed by atoms with E-state index in [2.05, 4.69) is 0 Å². The van der Waals surface area contributed by atoms with Crippen LogP contribution in [0.1, 0.15) is 16.8 Å². The molecule has 0 saturated carbocycles. The van der Waals surface area contributed by atoms with Gasteiger partial charge in [0.25, 0.3) is 5.91 Å². The van der Waals surface area contributed by atoms with E-state index in [4.69, 9.17) is 11.6 Å². The highest BCUT2D eigenvalue weighted by molar-refractivity contribution is 6.30. The first-order valence-electron chi connectivity index (χ1n) is 4.90. The Balaban J connectivity index is 2.11. The number of amides is 1. The van der Waals surface area contributed by atoms with E-state index in [1.54, 1.807) is 29.2 Å². The summed E-state index contributed by atoms with van der Waals surface area (Å²) in [5, 5.41) is 9.94. The van der Waals surface area contributed by atoms with E-state index in [0.717, 1.165) is 0 Å². The molecule has 0 aromatic heterocycles. The molecule has 0 aliphatic carbocycles. The Morgan fingerprint density at radius 2 is 2.07 bits per heavy atom. The number of benzene rings is 1. The van der Waals surface area contributed by atoms with Gasteiger partial charge in [-0.05, 0) is 30.7 Å². The van der Waals surface area contributed by atoms with Crippen LogP contribution in [0.15, 0.2) is 24.3 Å². The molecule has 2 rings (SSSR count). The van der Waals surface area contributed by atoms with Crippen LogP contribution in [0.5, 0.6) is 0 Å². The van der Waals surface area contributed by atoms with Crippen molar-refractivity contribution in [2.45, 2.75) is 12.5 Å². The molecule has 3 nitrogen and oxygen atoms in total. The van der Waals surface area contributed by atoms with Crippen molar-refractivity contribution in [2.24, 2.45) is 0 Å². The molecule has 0 spiro atoms. The lowest BCUT2D eigenvalue weighted by Crippen LogP contribution is -2.29. The largest absolute Gasteiger partial charge is 0.391 e. The van der Waals surface area contributed by atoms with E-state index in [1.165, 1.54) is 0 Å². The van der Waals surface area contributed by atoms with Gasteiger partial charge in [-0.3, -0.25) is 4.79 Å². The minimum absolute atomic E-state index is 0.0387. The molecule has 1 aliphatic rings. The number of hydrogen-bond donors (Lipinski definition) is 1. The highest BCUT2D eigenvalue weighted by atomic mass is 35.5. The summed E-state index contributed by atoms with van der Waals surface area (Å²) in [6.07, 6.45) is 0.292. The van der Waals surface area contributed by atoms with Gasteiger partial charge in [0.15, 0.2) is 0 Å². The Morgan fingerprint density at radius 1 is 1.40 bits per heavy atom. The van der Waals surface area contributed by atoms with Crippen LogP contribution in [0.4, 0.5) is 0 Å². The second-order valence-electron chi connectivity index (χ2n) is 3.70. The number of likely N-dealkylation sites (tertiary alicyclic amines) is 1. The molecule has 4 heteroatoms. The van der Waals surface area contributed by atoms with Gasteiger partial charge in [-0.2, -0.15) is 0 Å². The zero-order valence-electron chi connectivity index (χ0n) is 8.19. The predicted molar refractivity (Wildman–Crippen MR) is 58.0 cm³/mol. The number of carbonyl (C=O) groups is 1. The fourth-order valence-electron chi connectivity index (χ4n) is 1.70. The van der Waals surface area contributed by atoms with E-state index in [-0.39, 0.29) is 12.0 Å². The number of rotatable bonds is 1. The number of halogens is 1. The third kappa shape index (κ3) is 2.30. The molecule has 15 heavy (non-hydrogen) atoms. The molecule has 0 bridgehead atoms. The first-order valence-corrected chi connectivity index (χ1v) is 5.27. The van der Waals surface area contributed by atoms with Crippen molar-refractivity contribution >= 4 is 17.5 Å². The maximum Gasteiger partial charge on any atom is 0.253 e. The van der Waals surface area contributed by atoms with Gasteiger partial charge < -0.3 is 10.0 Å². The van der Waals surface area contributed by atoms with Gasteiger partial charge in [-0.15, -0.1) is 0 Å². The molecule has 1 fully saturated rings. The Morgan fingerprint density at radius 3 is 2.60 bits per heavy atom. The lowest BCUT2D eigenvalue weighted by Gasteiger charge is -2.15. The van der Waals surface area contributed by atoms with Crippen molar-refractivity contribution in [3.05, 3.63) is 34.9 Å². The lowest BCUT2D eigenvalue weighted by molar-refractivity contribution is 0.0765. The normalized spacial score (nSPS) is 20.7. The van der Waals surface area contributed by atoms with E-state index in [0.29, 0.717) is 30.1 Å². The molecular weight excluding hydrogens is 214 g/mol. The van der Waals surface area contributed by atoms with Crippen LogP contribution in [0.3, 0.4) is 0 Å². The standard InChI is InChI=1S/C11H12ClNO2/c12-9-3-1-8(2-4-9)11(15)13-6-5-10(14)7-13/h1-4,10,14H,5-7H2/t10-/m1/s1. The number of nitrogens with zero attached hydrogens (tertiary/aromatic N) is 1. The zero-order chi connectivity index (χ0) is 10.8. The average molecular weight is 226 g/mol. The summed E-state index contributed by atoms with van der Waals surface area (Å²) >= 11 is 5.73. The Hall–Kier alpha value is -1.06. The molecule has 1 heterocycles. The Bertz CT molecular complexity index is 363. The first-order chi connectivity index (χ1) is 7.16. The van der Waals surface area contributed by atoms with Crippen molar-refractivity contribution in [1.29, 1.82) is 0 Å². The topological polar surface area (TPSA) is 40.5 Å². The minimum Gasteiger partial charge on any atom is -0.391 e. The quantitative estimate of drug-likeness (QED) is 0.788. The smallest absolute Gasteiger partial charge is 0.253 e. The van der Waals surface area contributed by atoms with Gasteiger partial charge >= 0.3 is 0 Å². The van der Waals surface area contributed by atoms with Crippen LogP contribution in [0.25, 0.3) is 0 Å². The summed E-state index contributed by atoms with van der Waals surface area (Å²) in [5.74, 6) is -0.0387. The van der Waals surface area contributed by atoms with Gasteiger partial charge in [0.1, 0.15) is 0 Å². The Kier molecular flexibility index (Phi) is 2.93. The predicted octanol–water partition coefficient (Wildman–Crippen LogP) is 1.55. The molecule has 1 saturated heterocycles. The van der Waals surface area contributed by atoms with Crippen molar-refractivity contribution in [3.63, 3.8) is 0 Å². The Labute approximate surface area is 93.3 Å². The molecule has 1 amide bonds. The molecule has 1 aliphatic heterocycles. The van der Waals surface area contributed by atoms with Gasteiger partial charge in [-0.25, -0.2) is 0 Å². The van der Waals surface area contributed by atoms with Gasteiger partial charge in [-0.1, -0.05) is 11.6 Å². The monoisotopic (exact) mass is 225 g/mol. The fraction of sp³-hybridized carbons (Fsp3) is 0.364. The van der Waals surface area contributed by atoms with Gasteiger partial charge in [0.05, 0.1) is 6.10 Å². The summed E-state index contributed by atoms with van der Waals surface area (Å²) < 4.78 is 0. The molecular formula is C11H12ClNO2.